The van der Waals surface area contributed by atoms with Crippen LogP contribution in [0.4, 0.5) is 0 Å². The van der Waals surface area contributed by atoms with Crippen LogP contribution in [-0.4, -0.2) is 26.2 Å². The smallest absolute Gasteiger partial charge is 0.150 e. The highest BCUT2D eigenvalue weighted by molar-refractivity contribution is 7.91. The Kier molecular flexibility index (Phi) is 1.75. The second kappa shape index (κ2) is 2.55. The van der Waals surface area contributed by atoms with Gasteiger partial charge in [-0.25, -0.2) is 8.42 Å². The van der Waals surface area contributed by atoms with E-state index in [0.29, 0.717) is 35.7 Å². The molecule has 0 aromatic heterocycles. The van der Waals surface area contributed by atoms with E-state index >= 15 is 0 Å². The van der Waals surface area contributed by atoms with Gasteiger partial charge < -0.3 is 4.79 Å². The summed E-state index contributed by atoms with van der Waals surface area (Å²) in [5.74, 6) is 1.91. The first-order valence-electron chi connectivity index (χ1n) is 4.28. The highest BCUT2D eigenvalue weighted by atomic mass is 32.2. The van der Waals surface area contributed by atoms with Gasteiger partial charge >= 0.3 is 0 Å². The van der Waals surface area contributed by atoms with E-state index in [1.807, 2.05) is 0 Å². The number of hydrogen-bond donors (Lipinski definition) is 0. The van der Waals surface area contributed by atoms with Gasteiger partial charge in [0.25, 0.3) is 0 Å². The van der Waals surface area contributed by atoms with E-state index in [1.165, 1.54) is 0 Å². The van der Waals surface area contributed by atoms with Crippen molar-refractivity contribution in [1.82, 2.24) is 0 Å². The molecule has 4 heteroatoms. The standard InChI is InChI=1S/C8H12O3S/c9-3-1-6-7-2-4-12(10,11)5-8(6)7/h3,6-8H,1-2,4-5H2. The molecule has 3 atom stereocenters. The van der Waals surface area contributed by atoms with Gasteiger partial charge in [0.1, 0.15) is 6.29 Å². The molecule has 1 aliphatic heterocycles. The molecule has 1 saturated heterocycles. The van der Waals surface area contributed by atoms with Crippen molar-refractivity contribution in [3.63, 3.8) is 0 Å². The third kappa shape index (κ3) is 1.28. The largest absolute Gasteiger partial charge is 0.303 e. The molecular weight excluding hydrogens is 176 g/mol. The van der Waals surface area contributed by atoms with Gasteiger partial charge in [-0.3, -0.25) is 0 Å². The highest BCUT2D eigenvalue weighted by Gasteiger charge is 2.53. The first-order chi connectivity index (χ1) is 5.64. The van der Waals surface area contributed by atoms with Crippen molar-refractivity contribution in [3.8, 4) is 0 Å². The molecule has 2 fully saturated rings. The molecule has 1 saturated carbocycles. The Bertz CT molecular complexity index is 293. The van der Waals surface area contributed by atoms with Crippen LogP contribution < -0.4 is 0 Å². The maximum absolute atomic E-state index is 11.1. The molecule has 68 valence electrons. The molecule has 0 aromatic rings. The van der Waals surface area contributed by atoms with Crippen LogP contribution in [0.3, 0.4) is 0 Å². The fraction of sp³-hybridized carbons (Fsp3) is 0.875. The number of carbonyl (C=O) groups excluding carboxylic acids is 1. The van der Waals surface area contributed by atoms with Gasteiger partial charge in [-0.15, -0.1) is 0 Å². The van der Waals surface area contributed by atoms with Gasteiger partial charge in [-0.2, -0.15) is 0 Å². The summed E-state index contributed by atoms with van der Waals surface area (Å²) in [5.41, 5.74) is 0. The van der Waals surface area contributed by atoms with Crippen LogP contribution in [0.1, 0.15) is 12.8 Å². The molecule has 0 N–H and O–H groups in total. The third-order valence-electron chi connectivity index (χ3n) is 3.09. The van der Waals surface area contributed by atoms with Crippen molar-refractivity contribution in [2.75, 3.05) is 11.5 Å². The minimum Gasteiger partial charge on any atom is -0.303 e. The fourth-order valence-electron chi connectivity index (χ4n) is 2.35. The number of aldehydes is 1. The van der Waals surface area contributed by atoms with Gasteiger partial charge in [0.2, 0.25) is 0 Å². The van der Waals surface area contributed by atoms with Crippen molar-refractivity contribution >= 4 is 16.1 Å². The van der Waals surface area contributed by atoms with Crippen molar-refractivity contribution in [1.29, 1.82) is 0 Å². The highest BCUT2D eigenvalue weighted by Crippen LogP contribution is 2.53. The lowest BCUT2D eigenvalue weighted by Crippen LogP contribution is -2.18. The number of sulfone groups is 1. The molecule has 0 amide bonds. The second-order valence-corrected chi connectivity index (χ2v) is 6.03. The predicted molar refractivity (Wildman–Crippen MR) is 44.4 cm³/mol. The van der Waals surface area contributed by atoms with E-state index in [1.54, 1.807) is 0 Å². The molecule has 0 radical (unpaired) electrons. The van der Waals surface area contributed by atoms with Gasteiger partial charge in [0.15, 0.2) is 9.84 Å². The van der Waals surface area contributed by atoms with Crippen LogP contribution in [0.15, 0.2) is 0 Å². The third-order valence-corrected chi connectivity index (χ3v) is 4.84. The molecule has 1 heterocycles. The molecule has 0 spiro atoms. The first kappa shape index (κ1) is 8.23. The van der Waals surface area contributed by atoms with E-state index in [-0.39, 0.29) is 0 Å². The van der Waals surface area contributed by atoms with Gasteiger partial charge in [0, 0.05) is 6.42 Å². The van der Waals surface area contributed by atoms with E-state index in [9.17, 15) is 13.2 Å². The lowest BCUT2D eigenvalue weighted by atomic mass is 10.2. The topological polar surface area (TPSA) is 51.2 Å². The molecule has 2 aliphatic rings. The Morgan fingerprint density at radius 1 is 1.33 bits per heavy atom. The summed E-state index contributed by atoms with van der Waals surface area (Å²) < 4.78 is 22.3. The summed E-state index contributed by atoms with van der Waals surface area (Å²) >= 11 is 0. The van der Waals surface area contributed by atoms with Gasteiger partial charge in [-0.1, -0.05) is 0 Å². The average Bonchev–Trinajstić information content (AvgIpc) is 2.61. The van der Waals surface area contributed by atoms with E-state index in [2.05, 4.69) is 0 Å². The SMILES string of the molecule is O=CCC1C2CCS(=O)(=O)CC12. The zero-order valence-electron chi connectivity index (χ0n) is 6.77. The van der Waals surface area contributed by atoms with Crippen LogP contribution in [-0.2, 0) is 14.6 Å². The molecule has 0 bridgehead atoms. The van der Waals surface area contributed by atoms with E-state index in [4.69, 9.17) is 0 Å². The maximum atomic E-state index is 11.1. The molecule has 0 aromatic carbocycles. The Morgan fingerprint density at radius 3 is 2.67 bits per heavy atom. The number of carbonyl (C=O) groups is 1. The summed E-state index contributed by atoms with van der Waals surface area (Å²) in [6, 6.07) is 0. The minimum atomic E-state index is -2.76. The normalized spacial score (nSPS) is 43.2. The molecule has 3 nitrogen and oxygen atoms in total. The van der Waals surface area contributed by atoms with Crippen molar-refractivity contribution in [2.24, 2.45) is 17.8 Å². The Labute approximate surface area is 72.1 Å². The zero-order chi connectivity index (χ0) is 8.77. The fourth-order valence-corrected chi connectivity index (χ4v) is 4.23. The van der Waals surface area contributed by atoms with Crippen LogP contribution >= 0.6 is 0 Å². The van der Waals surface area contributed by atoms with Crippen LogP contribution in [0.5, 0.6) is 0 Å². The molecule has 3 unspecified atom stereocenters. The summed E-state index contributed by atoms with van der Waals surface area (Å²) in [7, 11) is -2.76. The average molecular weight is 188 g/mol. The summed E-state index contributed by atoms with van der Waals surface area (Å²) in [5, 5.41) is 0. The quantitative estimate of drug-likeness (QED) is 0.584. The monoisotopic (exact) mass is 188 g/mol. The van der Waals surface area contributed by atoms with E-state index < -0.39 is 9.84 Å². The predicted octanol–water partition coefficient (Wildman–Crippen LogP) is 0.256. The van der Waals surface area contributed by atoms with Crippen LogP contribution in [0.25, 0.3) is 0 Å². The van der Waals surface area contributed by atoms with Gasteiger partial charge in [0.05, 0.1) is 11.5 Å². The molecule has 1 aliphatic carbocycles. The lowest BCUT2D eigenvalue weighted by Gasteiger charge is -2.07. The van der Waals surface area contributed by atoms with Gasteiger partial charge in [-0.05, 0) is 24.2 Å². The maximum Gasteiger partial charge on any atom is 0.150 e. The number of rotatable bonds is 2. The zero-order valence-corrected chi connectivity index (χ0v) is 7.59. The molecule has 2 rings (SSSR count). The summed E-state index contributed by atoms with van der Waals surface area (Å²) in [6.45, 7) is 0. The van der Waals surface area contributed by atoms with Crippen LogP contribution in [0.2, 0.25) is 0 Å². The van der Waals surface area contributed by atoms with Crippen molar-refractivity contribution in [3.05, 3.63) is 0 Å². The Balaban J connectivity index is 2.02. The second-order valence-electron chi connectivity index (χ2n) is 3.80. The van der Waals surface area contributed by atoms with Crippen molar-refractivity contribution < 1.29 is 13.2 Å². The molecule has 12 heavy (non-hydrogen) atoms. The summed E-state index contributed by atoms with van der Waals surface area (Å²) in [4.78, 5) is 10.2. The Hall–Kier alpha value is -0.380. The number of fused-ring (bicyclic) bond motifs is 1. The Morgan fingerprint density at radius 2 is 2.08 bits per heavy atom. The van der Waals surface area contributed by atoms with E-state index in [0.717, 1.165) is 12.7 Å². The lowest BCUT2D eigenvalue weighted by molar-refractivity contribution is -0.108. The summed E-state index contributed by atoms with van der Waals surface area (Å²) in [6.07, 6.45) is 2.26. The molecular formula is C8H12O3S. The van der Waals surface area contributed by atoms with Crippen molar-refractivity contribution in [2.45, 2.75) is 12.8 Å². The number of hydrogen-bond acceptors (Lipinski definition) is 3. The minimum absolute atomic E-state index is 0.314. The first-order valence-corrected chi connectivity index (χ1v) is 6.10. The van der Waals surface area contributed by atoms with Crippen LogP contribution in [0, 0.1) is 17.8 Å².